The van der Waals surface area contributed by atoms with Crippen molar-refractivity contribution in [1.82, 2.24) is 29.1 Å². The molecule has 0 spiro atoms. The second-order valence-electron chi connectivity index (χ2n) is 6.85. The van der Waals surface area contributed by atoms with Crippen molar-refractivity contribution in [3.05, 3.63) is 82.1 Å². The van der Waals surface area contributed by atoms with E-state index in [9.17, 15) is 14.0 Å². The molecule has 33 heavy (non-hydrogen) atoms. The van der Waals surface area contributed by atoms with Gasteiger partial charge in [-0.3, -0.25) is 9.36 Å². The molecule has 5 aromatic rings. The van der Waals surface area contributed by atoms with Crippen molar-refractivity contribution in [2.45, 2.75) is 6.61 Å². The monoisotopic (exact) mass is 465 g/mol. The molecule has 3 heterocycles. The number of carbonyl (C=O) groups excluding carboxylic acids is 1. The van der Waals surface area contributed by atoms with Crippen LogP contribution < -0.4 is 11.3 Å². The molecule has 12 heteroatoms. The zero-order valence-electron chi connectivity index (χ0n) is 16.6. The van der Waals surface area contributed by atoms with Gasteiger partial charge in [-0.15, -0.1) is 0 Å². The second-order valence-corrected chi connectivity index (χ2v) is 7.26. The number of benzene rings is 2. The highest BCUT2D eigenvalue weighted by atomic mass is 35.5. The van der Waals surface area contributed by atoms with E-state index in [2.05, 4.69) is 19.9 Å². The van der Waals surface area contributed by atoms with Gasteiger partial charge in [0.25, 0.3) is 5.56 Å². The number of hydrogen-bond donors (Lipinski definition) is 1. The maximum atomic E-state index is 14.5. The number of para-hydroxylation sites is 1. The quantitative estimate of drug-likeness (QED) is 0.430. The van der Waals surface area contributed by atoms with E-state index in [0.29, 0.717) is 0 Å². The van der Waals surface area contributed by atoms with Crippen LogP contribution in [-0.4, -0.2) is 35.2 Å². The van der Waals surface area contributed by atoms with Gasteiger partial charge >= 0.3 is 6.09 Å². The topological polar surface area (TPSA) is 131 Å². The lowest BCUT2D eigenvalue weighted by Crippen LogP contribution is -2.26. The van der Waals surface area contributed by atoms with Gasteiger partial charge in [-0.1, -0.05) is 29.8 Å². The molecule has 0 saturated carbocycles. The molecule has 0 amide bonds. The Kier molecular flexibility index (Phi) is 4.94. The van der Waals surface area contributed by atoms with Crippen molar-refractivity contribution in [2.75, 3.05) is 5.73 Å². The van der Waals surface area contributed by atoms with Gasteiger partial charge in [0, 0.05) is 0 Å². The summed E-state index contributed by atoms with van der Waals surface area (Å²) in [6.07, 6.45) is 1.55. The third-order valence-corrected chi connectivity index (χ3v) is 5.21. The first-order chi connectivity index (χ1) is 16.0. The zero-order valence-corrected chi connectivity index (χ0v) is 17.4. The summed E-state index contributed by atoms with van der Waals surface area (Å²) in [5, 5.41) is 0.0257. The molecule has 0 aliphatic heterocycles. The zero-order chi connectivity index (χ0) is 23.1. The van der Waals surface area contributed by atoms with Gasteiger partial charge in [0.1, 0.15) is 23.9 Å². The summed E-state index contributed by atoms with van der Waals surface area (Å²) >= 11 is 6.29. The number of hydrogen-bond acceptors (Lipinski definition) is 8. The molecule has 5 rings (SSSR count). The number of aromatic nitrogens is 6. The maximum absolute atomic E-state index is 14.5. The summed E-state index contributed by atoms with van der Waals surface area (Å²) < 4.78 is 22.0. The lowest BCUT2D eigenvalue weighted by Gasteiger charge is -2.15. The molecule has 0 saturated heterocycles. The number of carbonyl (C=O) groups is 1. The first kappa shape index (κ1) is 20.5. The lowest BCUT2D eigenvalue weighted by molar-refractivity contribution is 0.138. The van der Waals surface area contributed by atoms with E-state index in [1.54, 1.807) is 24.3 Å². The Morgan fingerprint density at radius 3 is 2.76 bits per heavy atom. The van der Waals surface area contributed by atoms with Crippen LogP contribution in [0.15, 0.2) is 59.9 Å². The third kappa shape index (κ3) is 3.44. The minimum absolute atomic E-state index is 0.0399. The molecule has 0 aliphatic rings. The lowest BCUT2D eigenvalue weighted by atomic mass is 10.2. The van der Waals surface area contributed by atoms with Crippen LogP contribution >= 0.6 is 11.6 Å². The average molecular weight is 466 g/mol. The Hall–Kier alpha value is -4.38. The minimum Gasteiger partial charge on any atom is -0.441 e. The Labute approximate surface area is 189 Å². The van der Waals surface area contributed by atoms with E-state index in [-0.39, 0.29) is 44.4 Å². The van der Waals surface area contributed by atoms with Crippen LogP contribution in [0.4, 0.5) is 15.0 Å². The van der Waals surface area contributed by atoms with Gasteiger partial charge in [0.15, 0.2) is 29.4 Å². The second kappa shape index (κ2) is 7.95. The van der Waals surface area contributed by atoms with E-state index in [1.165, 1.54) is 30.9 Å². The predicted molar refractivity (Wildman–Crippen MR) is 118 cm³/mol. The van der Waals surface area contributed by atoms with Crippen LogP contribution in [0.1, 0.15) is 5.82 Å². The van der Waals surface area contributed by atoms with Crippen molar-refractivity contribution in [3.8, 4) is 5.69 Å². The van der Waals surface area contributed by atoms with Gasteiger partial charge in [0.2, 0.25) is 0 Å². The fourth-order valence-corrected chi connectivity index (χ4v) is 3.62. The van der Waals surface area contributed by atoms with Crippen LogP contribution in [0, 0.1) is 5.82 Å². The highest BCUT2D eigenvalue weighted by Gasteiger charge is 2.20. The van der Waals surface area contributed by atoms with Crippen LogP contribution in [0.25, 0.3) is 27.8 Å². The number of ether oxygens (including phenoxy) is 1. The smallest absolute Gasteiger partial charge is 0.421 e. The average Bonchev–Trinajstić information content (AvgIpc) is 3.24. The normalized spacial score (nSPS) is 11.2. The van der Waals surface area contributed by atoms with Crippen molar-refractivity contribution in [1.29, 1.82) is 0 Å². The van der Waals surface area contributed by atoms with E-state index in [0.717, 1.165) is 9.13 Å². The van der Waals surface area contributed by atoms with Crippen LogP contribution in [0.2, 0.25) is 5.02 Å². The van der Waals surface area contributed by atoms with Crippen molar-refractivity contribution >= 4 is 45.6 Å². The number of imidazole rings is 1. The van der Waals surface area contributed by atoms with Gasteiger partial charge in [-0.05, 0) is 24.3 Å². The standard InChI is InChI=1S/C21H13ClFN7O3/c22-11-4-1-2-7-14(11)30-15(28-13-6-3-5-12(23)16(13)20(30)31)8-33-21(32)29-10-27-17-18(24)25-9-26-19(17)29/h1-7,9-10H,8H2,(H2,24,25,26). The summed E-state index contributed by atoms with van der Waals surface area (Å²) in [4.78, 5) is 42.2. The molecule has 0 bridgehead atoms. The minimum atomic E-state index is -0.838. The van der Waals surface area contributed by atoms with Crippen LogP contribution in [0.5, 0.6) is 0 Å². The van der Waals surface area contributed by atoms with Gasteiger partial charge in [-0.25, -0.2) is 33.7 Å². The first-order valence-electron chi connectivity index (χ1n) is 9.51. The van der Waals surface area contributed by atoms with Crippen molar-refractivity contribution < 1.29 is 13.9 Å². The predicted octanol–water partition coefficient (Wildman–Crippen LogP) is 3.09. The fraction of sp³-hybridized carbons (Fsp3) is 0.0476. The first-order valence-corrected chi connectivity index (χ1v) is 9.89. The van der Waals surface area contributed by atoms with Gasteiger partial charge < -0.3 is 10.5 Å². The van der Waals surface area contributed by atoms with E-state index in [1.807, 2.05) is 0 Å². The Balaban J connectivity index is 1.59. The molecule has 10 nitrogen and oxygen atoms in total. The molecule has 0 fully saturated rings. The molecule has 2 aromatic carbocycles. The number of halogens is 2. The summed E-state index contributed by atoms with van der Waals surface area (Å²) in [5.74, 6) is -0.577. The number of anilines is 1. The third-order valence-electron chi connectivity index (χ3n) is 4.89. The molecular formula is C21H13ClFN7O3. The maximum Gasteiger partial charge on any atom is 0.421 e. The fourth-order valence-electron chi connectivity index (χ4n) is 3.40. The molecule has 0 atom stereocenters. The molecular weight excluding hydrogens is 453 g/mol. The van der Waals surface area contributed by atoms with Crippen LogP contribution in [-0.2, 0) is 11.3 Å². The highest BCUT2D eigenvalue weighted by Crippen LogP contribution is 2.22. The summed E-state index contributed by atoms with van der Waals surface area (Å²) in [5.41, 5.74) is 5.83. The Morgan fingerprint density at radius 1 is 1.12 bits per heavy atom. The van der Waals surface area contributed by atoms with Gasteiger partial charge in [-0.2, -0.15) is 0 Å². The molecule has 164 valence electrons. The molecule has 2 N–H and O–H groups in total. The number of nitrogens with two attached hydrogens (primary N) is 1. The summed E-state index contributed by atoms with van der Waals surface area (Å²) in [6.45, 7) is -0.425. The van der Waals surface area contributed by atoms with Crippen molar-refractivity contribution in [3.63, 3.8) is 0 Å². The SMILES string of the molecule is Nc1ncnc2c1ncn2C(=O)OCc1nc2cccc(F)c2c(=O)n1-c1ccccc1Cl. The Bertz CT molecular complexity index is 1620. The molecule has 0 radical (unpaired) electrons. The number of rotatable bonds is 3. The highest BCUT2D eigenvalue weighted by molar-refractivity contribution is 6.32. The van der Waals surface area contributed by atoms with Crippen molar-refractivity contribution in [2.24, 2.45) is 0 Å². The molecule has 0 aliphatic carbocycles. The number of fused-ring (bicyclic) bond motifs is 2. The van der Waals surface area contributed by atoms with E-state index in [4.69, 9.17) is 22.1 Å². The van der Waals surface area contributed by atoms with E-state index >= 15 is 0 Å². The number of nitrogen functional groups attached to an aromatic ring is 1. The van der Waals surface area contributed by atoms with E-state index < -0.39 is 24.1 Å². The molecule has 3 aromatic heterocycles. The summed E-state index contributed by atoms with van der Waals surface area (Å²) in [6, 6.07) is 10.6. The summed E-state index contributed by atoms with van der Waals surface area (Å²) in [7, 11) is 0. The van der Waals surface area contributed by atoms with Gasteiger partial charge in [0.05, 0.1) is 16.2 Å². The Morgan fingerprint density at radius 2 is 1.94 bits per heavy atom. The van der Waals surface area contributed by atoms with Crippen LogP contribution in [0.3, 0.4) is 0 Å². The largest absolute Gasteiger partial charge is 0.441 e. The molecule has 0 unspecified atom stereocenters. The number of nitrogens with zero attached hydrogens (tertiary/aromatic N) is 6.